The number of halogens is 1. The van der Waals surface area contributed by atoms with Gasteiger partial charge in [0.15, 0.2) is 0 Å². The highest BCUT2D eigenvalue weighted by atomic mass is 19.1. The quantitative estimate of drug-likeness (QED) is 0.632. The minimum Gasteiger partial charge on any atom is -0.207 e. The molecule has 1 heteroatoms. The normalized spacial score (nSPS) is 11.1. The van der Waals surface area contributed by atoms with Crippen molar-refractivity contribution in [2.45, 2.75) is 19.8 Å². The Kier molecular flexibility index (Phi) is 2.24. The Morgan fingerprint density at radius 1 is 1.00 bits per heavy atom. The van der Waals surface area contributed by atoms with Crippen LogP contribution in [0.4, 0.5) is 4.39 Å². The Hall–Kier alpha value is -1.37. The average molecular weight is 188 g/mol. The Bertz CT molecular complexity index is 458. The van der Waals surface area contributed by atoms with Crippen molar-refractivity contribution in [3.05, 3.63) is 47.8 Å². The van der Waals surface area contributed by atoms with E-state index in [1.165, 1.54) is 0 Å². The molecule has 0 radical (unpaired) electrons. The molecule has 0 saturated carbocycles. The second-order valence-electron chi connectivity index (χ2n) is 3.88. The zero-order valence-electron chi connectivity index (χ0n) is 8.42. The summed E-state index contributed by atoms with van der Waals surface area (Å²) in [6.07, 6.45) is 0. The smallest absolute Gasteiger partial charge is 0.127 e. The van der Waals surface area contributed by atoms with Gasteiger partial charge in [-0.15, -0.1) is 0 Å². The van der Waals surface area contributed by atoms with Gasteiger partial charge >= 0.3 is 0 Å². The van der Waals surface area contributed by atoms with Crippen LogP contribution in [0.15, 0.2) is 36.4 Å². The van der Waals surface area contributed by atoms with Crippen LogP contribution in [-0.4, -0.2) is 0 Å². The van der Waals surface area contributed by atoms with Gasteiger partial charge in [0.25, 0.3) is 0 Å². The van der Waals surface area contributed by atoms with Crippen molar-refractivity contribution in [2.75, 3.05) is 0 Å². The summed E-state index contributed by atoms with van der Waals surface area (Å²) >= 11 is 0. The fourth-order valence-electron chi connectivity index (χ4n) is 1.67. The molecule has 0 unspecified atom stereocenters. The second-order valence-corrected chi connectivity index (χ2v) is 3.88. The van der Waals surface area contributed by atoms with Gasteiger partial charge in [0.05, 0.1) is 0 Å². The molecule has 0 nitrogen and oxygen atoms in total. The number of rotatable bonds is 1. The van der Waals surface area contributed by atoms with Crippen LogP contribution < -0.4 is 0 Å². The average Bonchev–Trinajstić information content (AvgIpc) is 2.16. The SMILES string of the molecule is CC(C)c1cc2ccccc2cc1F. The molecule has 0 bridgehead atoms. The summed E-state index contributed by atoms with van der Waals surface area (Å²) in [5, 5.41) is 2.08. The predicted molar refractivity (Wildman–Crippen MR) is 58.0 cm³/mol. The minimum atomic E-state index is -0.0984. The van der Waals surface area contributed by atoms with Crippen molar-refractivity contribution in [2.24, 2.45) is 0 Å². The van der Waals surface area contributed by atoms with Crippen LogP contribution in [0.2, 0.25) is 0 Å². The molecule has 0 atom stereocenters. The van der Waals surface area contributed by atoms with Crippen LogP contribution in [0.5, 0.6) is 0 Å². The van der Waals surface area contributed by atoms with Crippen LogP contribution in [0.25, 0.3) is 10.8 Å². The molecule has 0 fully saturated rings. The van der Waals surface area contributed by atoms with Crippen molar-refractivity contribution >= 4 is 10.8 Å². The molecular formula is C13H13F. The van der Waals surface area contributed by atoms with Gasteiger partial charge in [-0.2, -0.15) is 0 Å². The first-order valence-electron chi connectivity index (χ1n) is 4.86. The fourth-order valence-corrected chi connectivity index (χ4v) is 1.67. The third-order valence-electron chi connectivity index (χ3n) is 2.49. The molecular weight excluding hydrogens is 175 g/mol. The molecule has 0 saturated heterocycles. The van der Waals surface area contributed by atoms with E-state index in [0.717, 1.165) is 16.3 Å². The Labute approximate surface area is 83.4 Å². The maximum Gasteiger partial charge on any atom is 0.127 e. The lowest BCUT2D eigenvalue weighted by atomic mass is 9.99. The van der Waals surface area contributed by atoms with Crippen molar-refractivity contribution < 1.29 is 4.39 Å². The maximum absolute atomic E-state index is 13.6. The Morgan fingerprint density at radius 2 is 1.57 bits per heavy atom. The number of hydrogen-bond donors (Lipinski definition) is 0. The molecule has 0 aliphatic carbocycles. The molecule has 0 aromatic heterocycles. The molecule has 14 heavy (non-hydrogen) atoms. The molecule has 0 N–H and O–H groups in total. The van der Waals surface area contributed by atoms with Crippen molar-refractivity contribution in [1.29, 1.82) is 0 Å². The van der Waals surface area contributed by atoms with E-state index in [-0.39, 0.29) is 11.7 Å². The minimum absolute atomic E-state index is 0.0984. The van der Waals surface area contributed by atoms with E-state index < -0.39 is 0 Å². The van der Waals surface area contributed by atoms with Crippen LogP contribution >= 0.6 is 0 Å². The summed E-state index contributed by atoms with van der Waals surface area (Å²) < 4.78 is 13.6. The third kappa shape index (κ3) is 1.50. The van der Waals surface area contributed by atoms with Gasteiger partial charge in [-0.1, -0.05) is 38.1 Å². The Morgan fingerprint density at radius 3 is 2.14 bits per heavy atom. The van der Waals surface area contributed by atoms with Gasteiger partial charge in [-0.3, -0.25) is 0 Å². The molecule has 2 rings (SSSR count). The third-order valence-corrected chi connectivity index (χ3v) is 2.49. The largest absolute Gasteiger partial charge is 0.207 e. The lowest BCUT2D eigenvalue weighted by molar-refractivity contribution is 0.600. The van der Waals surface area contributed by atoms with Crippen LogP contribution in [0.3, 0.4) is 0 Å². The van der Waals surface area contributed by atoms with Gasteiger partial charge in [0.2, 0.25) is 0 Å². The zero-order valence-corrected chi connectivity index (χ0v) is 8.42. The summed E-state index contributed by atoms with van der Waals surface area (Å²) in [6, 6.07) is 11.4. The summed E-state index contributed by atoms with van der Waals surface area (Å²) in [5.74, 6) is 0.137. The molecule has 0 amide bonds. The van der Waals surface area contributed by atoms with E-state index in [1.807, 2.05) is 44.2 Å². The first-order valence-corrected chi connectivity index (χ1v) is 4.86. The van der Waals surface area contributed by atoms with Crippen LogP contribution in [0.1, 0.15) is 25.3 Å². The molecule has 0 spiro atoms. The van der Waals surface area contributed by atoms with Gasteiger partial charge in [0, 0.05) is 0 Å². The van der Waals surface area contributed by atoms with E-state index >= 15 is 0 Å². The highest BCUT2D eigenvalue weighted by Crippen LogP contribution is 2.24. The molecule has 0 aliphatic rings. The predicted octanol–water partition coefficient (Wildman–Crippen LogP) is 4.10. The van der Waals surface area contributed by atoms with E-state index in [0.29, 0.717) is 0 Å². The van der Waals surface area contributed by atoms with Crippen molar-refractivity contribution in [3.63, 3.8) is 0 Å². The van der Waals surface area contributed by atoms with Gasteiger partial charge in [-0.25, -0.2) is 4.39 Å². The first-order chi connectivity index (χ1) is 6.68. The van der Waals surface area contributed by atoms with Gasteiger partial charge < -0.3 is 0 Å². The lowest BCUT2D eigenvalue weighted by Crippen LogP contribution is -1.92. The highest BCUT2D eigenvalue weighted by Gasteiger charge is 2.07. The first kappa shape index (κ1) is 9.20. The molecule has 72 valence electrons. The molecule has 0 aliphatic heterocycles. The zero-order chi connectivity index (χ0) is 10.1. The van der Waals surface area contributed by atoms with Crippen molar-refractivity contribution in [3.8, 4) is 0 Å². The Balaban J connectivity index is 2.71. The van der Waals surface area contributed by atoms with E-state index in [1.54, 1.807) is 6.07 Å². The number of fused-ring (bicyclic) bond motifs is 1. The standard InChI is InChI=1S/C13H13F/c1-9(2)12-7-10-5-3-4-6-11(10)8-13(12)14/h3-9H,1-2H3. The summed E-state index contributed by atoms with van der Waals surface area (Å²) in [5.41, 5.74) is 0.795. The highest BCUT2D eigenvalue weighted by molar-refractivity contribution is 5.83. The molecule has 0 heterocycles. The lowest BCUT2D eigenvalue weighted by Gasteiger charge is -2.08. The summed E-state index contributed by atoms with van der Waals surface area (Å²) in [4.78, 5) is 0. The molecule has 2 aromatic rings. The number of hydrogen-bond acceptors (Lipinski definition) is 0. The van der Waals surface area contributed by atoms with Crippen LogP contribution in [-0.2, 0) is 0 Å². The number of benzene rings is 2. The topological polar surface area (TPSA) is 0 Å². The summed E-state index contributed by atoms with van der Waals surface area (Å²) in [6.45, 7) is 4.01. The maximum atomic E-state index is 13.6. The van der Waals surface area contributed by atoms with E-state index in [4.69, 9.17) is 0 Å². The summed E-state index contributed by atoms with van der Waals surface area (Å²) in [7, 11) is 0. The monoisotopic (exact) mass is 188 g/mol. The second kappa shape index (κ2) is 3.41. The fraction of sp³-hybridized carbons (Fsp3) is 0.231. The molecule has 2 aromatic carbocycles. The van der Waals surface area contributed by atoms with Gasteiger partial charge in [0.1, 0.15) is 5.82 Å². The van der Waals surface area contributed by atoms with Crippen molar-refractivity contribution in [1.82, 2.24) is 0 Å². The van der Waals surface area contributed by atoms with Crippen LogP contribution in [0, 0.1) is 5.82 Å². The van der Waals surface area contributed by atoms with E-state index in [9.17, 15) is 4.39 Å². The van der Waals surface area contributed by atoms with E-state index in [2.05, 4.69) is 0 Å². The van der Waals surface area contributed by atoms with Gasteiger partial charge in [-0.05, 0) is 34.4 Å².